The van der Waals surface area contributed by atoms with Gasteiger partial charge < -0.3 is 0 Å². The van der Waals surface area contributed by atoms with E-state index in [2.05, 4.69) is 37.0 Å². The molecule has 1 heteroatoms. The van der Waals surface area contributed by atoms with Crippen molar-refractivity contribution in [3.63, 3.8) is 0 Å². The lowest BCUT2D eigenvalue weighted by molar-refractivity contribution is 0.898. The number of rotatable bonds is 1. The zero-order valence-corrected chi connectivity index (χ0v) is 8.30. The zero-order valence-electron chi connectivity index (χ0n) is 8.30. The van der Waals surface area contributed by atoms with E-state index in [1.165, 1.54) is 16.8 Å². The van der Waals surface area contributed by atoms with Crippen LogP contribution in [-0.4, -0.2) is 4.98 Å². The van der Waals surface area contributed by atoms with Gasteiger partial charge in [-0.15, -0.1) is 0 Å². The van der Waals surface area contributed by atoms with E-state index in [1.54, 1.807) is 0 Å². The molecule has 0 saturated heterocycles. The lowest BCUT2D eigenvalue weighted by atomic mass is 9.96. The Balaban J connectivity index is 2.59. The Labute approximate surface area is 79.5 Å². The fourth-order valence-corrected chi connectivity index (χ4v) is 1.93. The molecule has 1 aliphatic carbocycles. The first kappa shape index (κ1) is 8.49. The van der Waals surface area contributed by atoms with Crippen molar-refractivity contribution in [2.24, 2.45) is 0 Å². The molecule has 0 unspecified atom stereocenters. The van der Waals surface area contributed by atoms with Crippen LogP contribution in [0.1, 0.15) is 35.9 Å². The maximum Gasteiger partial charge on any atom is 0.0484 e. The summed E-state index contributed by atoms with van der Waals surface area (Å²) in [5, 5.41) is 0. The summed E-state index contributed by atoms with van der Waals surface area (Å²) in [6.45, 7) is 4.29. The lowest BCUT2D eigenvalue weighted by Gasteiger charge is -2.14. The number of hydrogen-bond acceptors (Lipinski definition) is 1. The summed E-state index contributed by atoms with van der Waals surface area (Å²) in [5.41, 5.74) is 5.27. The first-order valence-electron chi connectivity index (χ1n) is 4.97. The van der Waals surface area contributed by atoms with Gasteiger partial charge in [0.05, 0.1) is 0 Å². The first-order chi connectivity index (χ1) is 6.31. The van der Waals surface area contributed by atoms with Crippen LogP contribution in [0.5, 0.6) is 0 Å². The first-order valence-corrected chi connectivity index (χ1v) is 4.97. The van der Waals surface area contributed by atoms with Crippen LogP contribution in [0.15, 0.2) is 12.1 Å². The molecule has 0 radical (unpaired) electrons. The Morgan fingerprint density at radius 3 is 3.08 bits per heavy atom. The van der Waals surface area contributed by atoms with Crippen LogP contribution in [0.25, 0.3) is 6.08 Å². The quantitative estimate of drug-likeness (QED) is 0.636. The van der Waals surface area contributed by atoms with E-state index < -0.39 is 0 Å². The highest BCUT2D eigenvalue weighted by Crippen LogP contribution is 2.22. The van der Waals surface area contributed by atoms with Gasteiger partial charge in [-0.25, -0.2) is 0 Å². The van der Waals surface area contributed by atoms with E-state index in [1.807, 2.05) is 0 Å². The number of pyridine rings is 1. The smallest absolute Gasteiger partial charge is 0.0484 e. The molecule has 0 aliphatic heterocycles. The number of hydrogen-bond donors (Lipinski definition) is 0. The van der Waals surface area contributed by atoms with Gasteiger partial charge in [-0.05, 0) is 43.4 Å². The third-order valence-electron chi connectivity index (χ3n) is 2.56. The predicted octanol–water partition coefficient (Wildman–Crippen LogP) is 2.91. The van der Waals surface area contributed by atoms with Crippen LogP contribution in [0.2, 0.25) is 0 Å². The summed E-state index contributed by atoms with van der Waals surface area (Å²) >= 11 is 0. The zero-order chi connectivity index (χ0) is 9.26. The summed E-state index contributed by atoms with van der Waals surface area (Å²) in [7, 11) is 0. The second-order valence-corrected chi connectivity index (χ2v) is 3.58. The molecule has 13 heavy (non-hydrogen) atoms. The Morgan fingerprint density at radius 1 is 1.46 bits per heavy atom. The van der Waals surface area contributed by atoms with Gasteiger partial charge in [0.2, 0.25) is 0 Å². The van der Waals surface area contributed by atoms with E-state index in [-0.39, 0.29) is 0 Å². The van der Waals surface area contributed by atoms with Crippen molar-refractivity contribution in [2.75, 3.05) is 0 Å². The SMILES string of the molecule is CCc1cc(C)nc2c1C=CCC2. The summed E-state index contributed by atoms with van der Waals surface area (Å²) in [6, 6.07) is 2.20. The van der Waals surface area contributed by atoms with Gasteiger partial charge in [0.15, 0.2) is 0 Å². The Hall–Kier alpha value is -1.11. The van der Waals surface area contributed by atoms with Gasteiger partial charge in [-0.3, -0.25) is 4.98 Å². The van der Waals surface area contributed by atoms with E-state index in [0.717, 1.165) is 25.0 Å². The molecular formula is C12H15N. The molecule has 0 amide bonds. The number of aryl methyl sites for hydroxylation is 3. The molecule has 2 rings (SSSR count). The van der Waals surface area contributed by atoms with Crippen molar-refractivity contribution in [3.05, 3.63) is 34.7 Å². The van der Waals surface area contributed by atoms with Crippen molar-refractivity contribution in [1.29, 1.82) is 0 Å². The molecule has 0 N–H and O–H groups in total. The molecule has 1 heterocycles. The van der Waals surface area contributed by atoms with Crippen LogP contribution in [0, 0.1) is 6.92 Å². The van der Waals surface area contributed by atoms with Crippen LogP contribution >= 0.6 is 0 Å². The average molecular weight is 173 g/mol. The number of allylic oxidation sites excluding steroid dienone is 1. The second kappa shape index (κ2) is 3.33. The molecule has 68 valence electrons. The molecule has 0 bridgehead atoms. The molecule has 1 aromatic rings. The van der Waals surface area contributed by atoms with E-state index in [0.29, 0.717) is 0 Å². The van der Waals surface area contributed by atoms with Gasteiger partial charge in [0, 0.05) is 11.4 Å². The number of nitrogens with zero attached hydrogens (tertiary/aromatic N) is 1. The van der Waals surface area contributed by atoms with Crippen LogP contribution in [0.4, 0.5) is 0 Å². The third-order valence-corrected chi connectivity index (χ3v) is 2.56. The monoisotopic (exact) mass is 173 g/mol. The highest BCUT2D eigenvalue weighted by Gasteiger charge is 2.09. The minimum absolute atomic E-state index is 1.11. The molecule has 1 nitrogen and oxygen atoms in total. The lowest BCUT2D eigenvalue weighted by Crippen LogP contribution is -2.03. The molecule has 0 atom stereocenters. The van der Waals surface area contributed by atoms with E-state index in [4.69, 9.17) is 0 Å². The van der Waals surface area contributed by atoms with Crippen molar-refractivity contribution in [2.45, 2.75) is 33.1 Å². The molecule has 0 spiro atoms. The van der Waals surface area contributed by atoms with E-state index >= 15 is 0 Å². The standard InChI is InChI=1S/C12H15N/c1-3-10-8-9(2)13-12-7-5-4-6-11(10)12/h4,6,8H,3,5,7H2,1-2H3. The highest BCUT2D eigenvalue weighted by atomic mass is 14.7. The maximum atomic E-state index is 4.57. The van der Waals surface area contributed by atoms with Crippen molar-refractivity contribution < 1.29 is 0 Å². The number of aromatic nitrogens is 1. The minimum Gasteiger partial charge on any atom is -0.258 e. The summed E-state index contributed by atoms with van der Waals surface area (Å²) in [6.07, 6.45) is 7.84. The van der Waals surface area contributed by atoms with Crippen LogP contribution in [0.3, 0.4) is 0 Å². The Bertz CT molecular complexity index is 350. The summed E-state index contributed by atoms with van der Waals surface area (Å²) in [4.78, 5) is 4.57. The van der Waals surface area contributed by atoms with E-state index in [9.17, 15) is 0 Å². The third kappa shape index (κ3) is 1.51. The molecule has 1 aliphatic rings. The molecule has 0 saturated carbocycles. The van der Waals surface area contributed by atoms with Crippen LogP contribution < -0.4 is 0 Å². The Morgan fingerprint density at radius 2 is 2.31 bits per heavy atom. The summed E-state index contributed by atoms with van der Waals surface area (Å²) in [5.74, 6) is 0. The van der Waals surface area contributed by atoms with Crippen molar-refractivity contribution >= 4 is 6.08 Å². The second-order valence-electron chi connectivity index (χ2n) is 3.58. The fourth-order valence-electron chi connectivity index (χ4n) is 1.93. The van der Waals surface area contributed by atoms with Crippen LogP contribution in [-0.2, 0) is 12.8 Å². The molecule has 1 aromatic heterocycles. The molecule has 0 fully saturated rings. The van der Waals surface area contributed by atoms with Gasteiger partial charge in [0.1, 0.15) is 0 Å². The topological polar surface area (TPSA) is 12.9 Å². The van der Waals surface area contributed by atoms with Gasteiger partial charge in [-0.1, -0.05) is 19.1 Å². The van der Waals surface area contributed by atoms with Gasteiger partial charge >= 0.3 is 0 Å². The largest absolute Gasteiger partial charge is 0.258 e. The predicted molar refractivity (Wildman–Crippen MR) is 55.7 cm³/mol. The highest BCUT2D eigenvalue weighted by molar-refractivity contribution is 5.58. The van der Waals surface area contributed by atoms with Gasteiger partial charge in [0.25, 0.3) is 0 Å². The maximum absolute atomic E-state index is 4.57. The Kier molecular flexibility index (Phi) is 2.17. The minimum atomic E-state index is 1.11. The average Bonchev–Trinajstić information content (AvgIpc) is 2.16. The fraction of sp³-hybridized carbons (Fsp3) is 0.417. The van der Waals surface area contributed by atoms with Crippen molar-refractivity contribution in [1.82, 2.24) is 4.98 Å². The summed E-state index contributed by atoms with van der Waals surface area (Å²) < 4.78 is 0. The molecular weight excluding hydrogens is 158 g/mol. The number of fused-ring (bicyclic) bond motifs is 1. The van der Waals surface area contributed by atoms with Gasteiger partial charge in [-0.2, -0.15) is 0 Å². The normalized spacial score (nSPS) is 14.3. The molecule has 0 aromatic carbocycles. The van der Waals surface area contributed by atoms with Crippen molar-refractivity contribution in [3.8, 4) is 0 Å².